The van der Waals surface area contributed by atoms with Gasteiger partial charge in [0.1, 0.15) is 11.5 Å². The van der Waals surface area contributed by atoms with Crippen molar-refractivity contribution in [2.24, 2.45) is 0 Å². The van der Waals surface area contributed by atoms with E-state index in [4.69, 9.17) is 12.2 Å². The zero-order valence-corrected chi connectivity index (χ0v) is 14.8. The Kier molecular flexibility index (Phi) is 4.29. The molecule has 4 aromatic rings. The second kappa shape index (κ2) is 6.77. The third-order valence-electron chi connectivity index (χ3n) is 4.36. The van der Waals surface area contributed by atoms with Gasteiger partial charge in [-0.3, -0.25) is 14.2 Å². The van der Waals surface area contributed by atoms with Crippen molar-refractivity contribution >= 4 is 29.0 Å². The number of hydrogen-bond donors (Lipinski definition) is 2. The van der Waals surface area contributed by atoms with Crippen molar-refractivity contribution in [2.75, 3.05) is 0 Å². The first-order valence-electron chi connectivity index (χ1n) is 8.22. The van der Waals surface area contributed by atoms with Gasteiger partial charge in [0.15, 0.2) is 10.6 Å². The number of carbonyl (C=O) groups excluding carboxylic acids is 1. The summed E-state index contributed by atoms with van der Waals surface area (Å²) < 4.78 is 14.8. The van der Waals surface area contributed by atoms with Crippen LogP contribution in [0, 0.1) is 10.6 Å². The fourth-order valence-corrected chi connectivity index (χ4v) is 3.17. The summed E-state index contributed by atoms with van der Waals surface area (Å²) in [5.74, 6) is -0.576. The molecule has 27 heavy (non-hydrogen) atoms. The molecule has 0 amide bonds. The summed E-state index contributed by atoms with van der Waals surface area (Å²) in [6.07, 6.45) is 1.68. The Bertz CT molecular complexity index is 1250. The molecule has 0 aliphatic heterocycles. The van der Waals surface area contributed by atoms with Gasteiger partial charge < -0.3 is 9.97 Å². The number of benzene rings is 2. The number of carbonyl (C=O) groups is 1. The summed E-state index contributed by atoms with van der Waals surface area (Å²) in [7, 11) is 0. The largest absolute Gasteiger partial charge is 0.347 e. The van der Waals surface area contributed by atoms with Gasteiger partial charge in [-0.2, -0.15) is 0 Å². The first kappa shape index (κ1) is 17.1. The molecule has 2 aromatic heterocycles. The molecule has 0 saturated carbocycles. The minimum atomic E-state index is -0.386. The van der Waals surface area contributed by atoms with Gasteiger partial charge in [-0.15, -0.1) is 0 Å². The van der Waals surface area contributed by atoms with E-state index >= 15 is 0 Å². The van der Waals surface area contributed by atoms with Crippen LogP contribution in [-0.2, 0) is 6.54 Å². The minimum absolute atomic E-state index is 0.179. The third-order valence-corrected chi connectivity index (χ3v) is 4.69. The van der Waals surface area contributed by atoms with E-state index in [9.17, 15) is 14.0 Å². The second-order valence-electron chi connectivity index (χ2n) is 6.12. The monoisotopic (exact) mass is 379 g/mol. The van der Waals surface area contributed by atoms with E-state index in [0.29, 0.717) is 33.5 Å². The summed E-state index contributed by atoms with van der Waals surface area (Å²) >= 11 is 5.28. The van der Waals surface area contributed by atoms with Gasteiger partial charge in [-0.25, -0.2) is 4.39 Å². The zero-order chi connectivity index (χ0) is 19.0. The topological polar surface area (TPSA) is 70.7 Å². The summed E-state index contributed by atoms with van der Waals surface area (Å²) in [5.41, 5.74) is 2.16. The molecule has 0 bridgehead atoms. The summed E-state index contributed by atoms with van der Waals surface area (Å²) in [4.78, 5) is 31.0. The quantitative estimate of drug-likeness (QED) is 0.418. The molecule has 134 valence electrons. The maximum Gasteiger partial charge on any atom is 0.264 e. The number of nitrogens with zero attached hydrogens (tertiary/aromatic N) is 1. The summed E-state index contributed by atoms with van der Waals surface area (Å²) in [6.45, 7) is 0.292. The Morgan fingerprint density at radius 1 is 1.00 bits per heavy atom. The first-order chi connectivity index (χ1) is 13.0. The highest BCUT2D eigenvalue weighted by molar-refractivity contribution is 7.71. The molecule has 0 aliphatic carbocycles. The van der Waals surface area contributed by atoms with Crippen molar-refractivity contribution in [1.29, 1.82) is 0 Å². The van der Waals surface area contributed by atoms with E-state index in [1.165, 1.54) is 28.8 Å². The lowest BCUT2D eigenvalue weighted by molar-refractivity contribution is 0.103. The Labute approximate surface area is 158 Å². The molecule has 0 saturated heterocycles. The number of ketones is 1. The van der Waals surface area contributed by atoms with Crippen LogP contribution >= 0.6 is 12.2 Å². The highest BCUT2D eigenvalue weighted by Crippen LogP contribution is 2.13. The number of nitrogens with one attached hydrogen (secondary N) is 2. The van der Waals surface area contributed by atoms with E-state index in [0.717, 1.165) is 5.56 Å². The van der Waals surface area contributed by atoms with Gasteiger partial charge in [-0.05, 0) is 48.1 Å². The van der Waals surface area contributed by atoms with Crippen molar-refractivity contribution in [3.63, 3.8) is 0 Å². The Balaban J connectivity index is 1.62. The Morgan fingerprint density at radius 3 is 2.30 bits per heavy atom. The fourth-order valence-electron chi connectivity index (χ4n) is 2.92. The molecule has 7 heteroatoms. The van der Waals surface area contributed by atoms with Gasteiger partial charge in [0.25, 0.3) is 5.56 Å². The van der Waals surface area contributed by atoms with Crippen LogP contribution in [0.5, 0.6) is 0 Å². The van der Waals surface area contributed by atoms with Crippen molar-refractivity contribution in [2.45, 2.75) is 6.54 Å². The van der Waals surface area contributed by atoms with Gasteiger partial charge in [-0.1, -0.05) is 24.3 Å². The van der Waals surface area contributed by atoms with Crippen LogP contribution in [0.4, 0.5) is 4.39 Å². The van der Waals surface area contributed by atoms with Gasteiger partial charge >= 0.3 is 0 Å². The van der Waals surface area contributed by atoms with Crippen LogP contribution < -0.4 is 5.56 Å². The molecule has 4 rings (SSSR count). The van der Waals surface area contributed by atoms with Gasteiger partial charge in [0.2, 0.25) is 0 Å². The van der Waals surface area contributed by atoms with E-state index in [2.05, 4.69) is 9.97 Å². The number of rotatable bonds is 4. The SMILES string of the molecule is O=C(c1ccc(F)cc1)c1ccc(Cn2c(=S)[nH]c3[nH]ccc3c2=O)cc1. The molecule has 2 N–H and O–H groups in total. The van der Waals surface area contributed by atoms with Crippen LogP contribution in [0.15, 0.2) is 65.6 Å². The second-order valence-corrected chi connectivity index (χ2v) is 6.51. The van der Waals surface area contributed by atoms with Crippen molar-refractivity contribution in [3.05, 3.63) is 98.4 Å². The Hall–Kier alpha value is -3.32. The fraction of sp³-hybridized carbons (Fsp3) is 0.0500. The summed E-state index contributed by atoms with van der Waals surface area (Å²) in [5, 5.41) is 0.534. The molecule has 5 nitrogen and oxygen atoms in total. The lowest BCUT2D eigenvalue weighted by Crippen LogP contribution is -2.22. The molecule has 2 heterocycles. The Morgan fingerprint density at radius 2 is 1.63 bits per heavy atom. The predicted octanol–water partition coefficient (Wildman–Crippen LogP) is 3.81. The van der Waals surface area contributed by atoms with Gasteiger partial charge in [0.05, 0.1) is 11.9 Å². The highest BCUT2D eigenvalue weighted by atomic mass is 32.1. The van der Waals surface area contributed by atoms with Crippen molar-refractivity contribution in [1.82, 2.24) is 14.5 Å². The highest BCUT2D eigenvalue weighted by Gasteiger charge is 2.10. The van der Waals surface area contributed by atoms with Crippen molar-refractivity contribution in [3.8, 4) is 0 Å². The van der Waals surface area contributed by atoms with E-state index < -0.39 is 0 Å². The molecule has 0 fully saturated rings. The molecule has 0 aliphatic rings. The molecular formula is C20H14FN3O2S. The predicted molar refractivity (Wildman–Crippen MR) is 103 cm³/mol. The molecule has 0 atom stereocenters. The van der Waals surface area contributed by atoms with Crippen LogP contribution in [0.3, 0.4) is 0 Å². The number of aromatic amines is 2. The average molecular weight is 379 g/mol. The first-order valence-corrected chi connectivity index (χ1v) is 8.63. The molecule has 2 aromatic carbocycles. The normalized spacial score (nSPS) is 11.0. The molecule has 0 radical (unpaired) electrons. The molecular weight excluding hydrogens is 365 g/mol. The lowest BCUT2D eigenvalue weighted by atomic mass is 10.0. The van der Waals surface area contributed by atoms with Gasteiger partial charge in [0, 0.05) is 17.3 Å². The molecule has 0 unspecified atom stereocenters. The molecule has 0 spiro atoms. The lowest BCUT2D eigenvalue weighted by Gasteiger charge is -2.08. The summed E-state index contributed by atoms with van der Waals surface area (Å²) in [6, 6.07) is 14.1. The minimum Gasteiger partial charge on any atom is -0.347 e. The van der Waals surface area contributed by atoms with E-state index in [-0.39, 0.29) is 17.2 Å². The van der Waals surface area contributed by atoms with Crippen LogP contribution in [0.2, 0.25) is 0 Å². The smallest absolute Gasteiger partial charge is 0.264 e. The number of halogens is 1. The van der Waals surface area contributed by atoms with E-state index in [1.54, 1.807) is 36.5 Å². The number of hydrogen-bond acceptors (Lipinski definition) is 3. The van der Waals surface area contributed by atoms with E-state index in [1.807, 2.05) is 0 Å². The number of H-pyrrole nitrogens is 2. The number of fused-ring (bicyclic) bond motifs is 1. The van der Waals surface area contributed by atoms with Crippen LogP contribution in [-0.4, -0.2) is 20.3 Å². The standard InChI is InChI=1S/C20H14FN3O2S/c21-15-7-5-14(6-8-15)17(25)13-3-1-12(2-4-13)11-24-19(26)16-9-10-22-18(16)23-20(24)27/h1-10,22H,11H2,(H,23,27). The maximum atomic E-state index is 13.0. The van der Waals surface area contributed by atoms with Crippen molar-refractivity contribution < 1.29 is 9.18 Å². The number of aromatic nitrogens is 3. The van der Waals surface area contributed by atoms with Crippen LogP contribution in [0.25, 0.3) is 11.0 Å². The average Bonchev–Trinajstić information content (AvgIpc) is 3.14. The van der Waals surface area contributed by atoms with Crippen LogP contribution in [0.1, 0.15) is 21.5 Å². The third kappa shape index (κ3) is 3.24. The maximum absolute atomic E-state index is 13.0. The zero-order valence-electron chi connectivity index (χ0n) is 14.0.